The van der Waals surface area contributed by atoms with Crippen molar-refractivity contribution in [3.63, 3.8) is 0 Å². The number of nitrogens with zero attached hydrogens (tertiary/aromatic N) is 2. The third kappa shape index (κ3) is 2.97. The van der Waals surface area contributed by atoms with Crippen molar-refractivity contribution in [3.8, 4) is 0 Å². The summed E-state index contributed by atoms with van der Waals surface area (Å²) in [6.07, 6.45) is 4.28. The van der Waals surface area contributed by atoms with Crippen molar-refractivity contribution in [2.45, 2.75) is 38.1 Å². The molecular formula is C17H19N3O3. The fourth-order valence-electron chi connectivity index (χ4n) is 3.19. The van der Waals surface area contributed by atoms with Crippen LogP contribution >= 0.6 is 0 Å². The number of hydrogen-bond acceptors (Lipinski definition) is 3. The normalized spacial score (nSPS) is 19.9. The van der Waals surface area contributed by atoms with E-state index in [2.05, 4.69) is 16.5 Å². The Bertz CT molecular complexity index is 753. The summed E-state index contributed by atoms with van der Waals surface area (Å²) in [6, 6.07) is 9.64. The maximum absolute atomic E-state index is 12.8. The highest BCUT2D eigenvalue weighted by Crippen LogP contribution is 2.37. The van der Waals surface area contributed by atoms with Crippen LogP contribution in [0.4, 0.5) is 5.82 Å². The van der Waals surface area contributed by atoms with E-state index in [4.69, 9.17) is 5.11 Å². The first-order chi connectivity index (χ1) is 11.0. The maximum atomic E-state index is 12.8. The summed E-state index contributed by atoms with van der Waals surface area (Å²) in [4.78, 5) is 23.5. The molecule has 2 aromatic rings. The van der Waals surface area contributed by atoms with Gasteiger partial charge in [-0.2, -0.15) is 5.10 Å². The zero-order chi connectivity index (χ0) is 16.4. The summed E-state index contributed by atoms with van der Waals surface area (Å²) in [5.74, 6) is -0.704. The molecule has 1 aliphatic rings. The van der Waals surface area contributed by atoms with E-state index >= 15 is 0 Å². The first-order valence-electron chi connectivity index (χ1n) is 7.64. The lowest BCUT2D eigenvalue weighted by Crippen LogP contribution is -2.40. The molecular weight excluding hydrogens is 294 g/mol. The molecule has 1 aliphatic carbocycles. The number of hydrogen-bond donors (Lipinski definition) is 2. The lowest BCUT2D eigenvalue weighted by atomic mass is 9.70. The Balaban J connectivity index is 1.81. The number of carbonyl (C=O) groups is 2. The van der Waals surface area contributed by atoms with Gasteiger partial charge in [0.25, 0.3) is 0 Å². The van der Waals surface area contributed by atoms with Crippen molar-refractivity contribution in [2.24, 2.45) is 0 Å². The number of aryl methyl sites for hydroxylation is 1. The van der Waals surface area contributed by atoms with Crippen LogP contribution in [0.25, 0.3) is 0 Å². The zero-order valence-corrected chi connectivity index (χ0v) is 13.0. The number of aliphatic carboxylic acids is 1. The van der Waals surface area contributed by atoms with Gasteiger partial charge in [-0.1, -0.05) is 24.3 Å². The minimum Gasteiger partial charge on any atom is -0.480 e. The van der Waals surface area contributed by atoms with E-state index in [1.54, 1.807) is 12.3 Å². The van der Waals surface area contributed by atoms with E-state index < -0.39 is 11.4 Å². The molecule has 0 saturated heterocycles. The molecule has 23 heavy (non-hydrogen) atoms. The smallest absolute Gasteiger partial charge is 0.325 e. The SMILES string of the molecule is C[C@@]1(C(=O)Nc2ccn(CC(=O)O)n2)CCCc2ccccc21. The molecule has 120 valence electrons. The van der Waals surface area contributed by atoms with Gasteiger partial charge in [0.1, 0.15) is 6.54 Å². The Morgan fingerprint density at radius 2 is 2.13 bits per heavy atom. The topological polar surface area (TPSA) is 84.2 Å². The number of carboxylic acid groups (broad SMARTS) is 1. The highest BCUT2D eigenvalue weighted by atomic mass is 16.4. The zero-order valence-electron chi connectivity index (χ0n) is 13.0. The second-order valence-electron chi connectivity index (χ2n) is 6.09. The second-order valence-corrected chi connectivity index (χ2v) is 6.09. The van der Waals surface area contributed by atoms with Gasteiger partial charge in [0, 0.05) is 12.3 Å². The summed E-state index contributed by atoms with van der Waals surface area (Å²) < 4.78 is 1.29. The fourth-order valence-corrected chi connectivity index (χ4v) is 3.19. The largest absolute Gasteiger partial charge is 0.480 e. The van der Waals surface area contributed by atoms with Crippen molar-refractivity contribution >= 4 is 17.7 Å². The van der Waals surface area contributed by atoms with E-state index in [-0.39, 0.29) is 12.5 Å². The number of rotatable bonds is 4. The van der Waals surface area contributed by atoms with Crippen molar-refractivity contribution < 1.29 is 14.7 Å². The fraction of sp³-hybridized carbons (Fsp3) is 0.353. The summed E-state index contributed by atoms with van der Waals surface area (Å²) in [5.41, 5.74) is 1.69. The van der Waals surface area contributed by atoms with Crippen LogP contribution < -0.4 is 5.32 Å². The van der Waals surface area contributed by atoms with Crippen LogP contribution in [0.5, 0.6) is 0 Å². The molecule has 3 rings (SSSR count). The van der Waals surface area contributed by atoms with Gasteiger partial charge in [0.15, 0.2) is 5.82 Å². The molecule has 1 heterocycles. The number of carbonyl (C=O) groups excluding carboxylic acids is 1. The van der Waals surface area contributed by atoms with Gasteiger partial charge in [-0.05, 0) is 37.3 Å². The number of amides is 1. The van der Waals surface area contributed by atoms with E-state index in [9.17, 15) is 9.59 Å². The molecule has 6 heteroatoms. The highest BCUT2D eigenvalue weighted by Gasteiger charge is 2.38. The monoisotopic (exact) mass is 313 g/mol. The lowest BCUT2D eigenvalue weighted by molar-refractivity contribution is -0.137. The van der Waals surface area contributed by atoms with Crippen LogP contribution in [0.2, 0.25) is 0 Å². The number of benzene rings is 1. The Labute approximate surface area is 134 Å². The third-order valence-corrected chi connectivity index (χ3v) is 4.42. The van der Waals surface area contributed by atoms with Gasteiger partial charge in [-0.3, -0.25) is 14.3 Å². The Kier molecular flexibility index (Phi) is 3.90. The predicted molar refractivity (Wildman–Crippen MR) is 85.2 cm³/mol. The summed E-state index contributed by atoms with van der Waals surface area (Å²) in [6.45, 7) is 1.73. The first kappa shape index (κ1) is 15.3. The Hall–Kier alpha value is -2.63. The maximum Gasteiger partial charge on any atom is 0.325 e. The van der Waals surface area contributed by atoms with Gasteiger partial charge in [0.05, 0.1) is 5.41 Å². The third-order valence-electron chi connectivity index (χ3n) is 4.42. The standard InChI is InChI=1S/C17H19N3O3/c1-17(9-4-6-12-5-2-3-7-13(12)17)16(23)18-14-8-10-20(19-14)11-15(21)22/h2-3,5,7-8,10H,4,6,9,11H2,1H3,(H,21,22)(H,18,19,23)/t17-/m1/s1. The molecule has 0 radical (unpaired) electrons. The molecule has 6 nitrogen and oxygen atoms in total. The van der Waals surface area contributed by atoms with Gasteiger partial charge in [0.2, 0.25) is 5.91 Å². The van der Waals surface area contributed by atoms with E-state index in [0.29, 0.717) is 5.82 Å². The van der Waals surface area contributed by atoms with Crippen LogP contribution in [-0.4, -0.2) is 26.8 Å². The molecule has 1 aromatic carbocycles. The first-order valence-corrected chi connectivity index (χ1v) is 7.64. The minimum atomic E-state index is -0.973. The van der Waals surface area contributed by atoms with Crippen LogP contribution in [0.1, 0.15) is 30.9 Å². The van der Waals surface area contributed by atoms with Crippen LogP contribution in [0.3, 0.4) is 0 Å². The van der Waals surface area contributed by atoms with E-state index in [1.807, 2.05) is 25.1 Å². The van der Waals surface area contributed by atoms with Crippen molar-refractivity contribution in [1.82, 2.24) is 9.78 Å². The molecule has 0 spiro atoms. The van der Waals surface area contributed by atoms with Gasteiger partial charge in [-0.25, -0.2) is 0 Å². The Morgan fingerprint density at radius 1 is 1.35 bits per heavy atom. The van der Waals surface area contributed by atoms with Gasteiger partial charge in [-0.15, -0.1) is 0 Å². The van der Waals surface area contributed by atoms with Gasteiger partial charge >= 0.3 is 5.97 Å². The van der Waals surface area contributed by atoms with Crippen molar-refractivity contribution in [3.05, 3.63) is 47.7 Å². The number of nitrogens with one attached hydrogen (secondary N) is 1. The molecule has 0 unspecified atom stereocenters. The summed E-state index contributed by atoms with van der Waals surface area (Å²) in [5, 5.41) is 15.7. The quantitative estimate of drug-likeness (QED) is 0.906. The minimum absolute atomic E-state index is 0.106. The predicted octanol–water partition coefficient (Wildman–Crippen LogP) is 2.20. The highest BCUT2D eigenvalue weighted by molar-refractivity contribution is 5.98. The molecule has 1 atom stereocenters. The number of anilines is 1. The molecule has 0 aliphatic heterocycles. The number of fused-ring (bicyclic) bond motifs is 1. The second kappa shape index (κ2) is 5.87. The number of aromatic nitrogens is 2. The molecule has 0 saturated carbocycles. The molecule has 0 fully saturated rings. The summed E-state index contributed by atoms with van der Waals surface area (Å²) >= 11 is 0. The average molecular weight is 313 g/mol. The van der Waals surface area contributed by atoms with Crippen LogP contribution in [-0.2, 0) is 28.0 Å². The van der Waals surface area contributed by atoms with E-state index in [1.165, 1.54) is 10.2 Å². The molecule has 1 amide bonds. The average Bonchev–Trinajstić information content (AvgIpc) is 2.94. The lowest BCUT2D eigenvalue weighted by Gasteiger charge is -2.34. The van der Waals surface area contributed by atoms with Crippen LogP contribution in [0.15, 0.2) is 36.5 Å². The van der Waals surface area contributed by atoms with Gasteiger partial charge < -0.3 is 10.4 Å². The van der Waals surface area contributed by atoms with Crippen LogP contribution in [0, 0.1) is 0 Å². The molecule has 2 N–H and O–H groups in total. The molecule has 1 aromatic heterocycles. The summed E-state index contributed by atoms with van der Waals surface area (Å²) in [7, 11) is 0. The van der Waals surface area contributed by atoms with E-state index in [0.717, 1.165) is 24.8 Å². The number of carboxylic acids is 1. The molecule has 0 bridgehead atoms. The van der Waals surface area contributed by atoms with Crippen molar-refractivity contribution in [1.29, 1.82) is 0 Å². The van der Waals surface area contributed by atoms with Crippen molar-refractivity contribution in [2.75, 3.05) is 5.32 Å². The Morgan fingerprint density at radius 3 is 2.91 bits per heavy atom.